The van der Waals surface area contributed by atoms with E-state index in [1.807, 2.05) is 13.8 Å². The molecule has 0 amide bonds. The summed E-state index contributed by atoms with van der Waals surface area (Å²) in [5.41, 5.74) is -0.638. The van der Waals surface area contributed by atoms with Gasteiger partial charge in [-0.3, -0.25) is 4.79 Å². The fourth-order valence-corrected chi connectivity index (χ4v) is 4.56. The molecule has 0 saturated heterocycles. The summed E-state index contributed by atoms with van der Waals surface area (Å²) in [6.07, 6.45) is 1.04. The van der Waals surface area contributed by atoms with Crippen LogP contribution in [0.1, 0.15) is 41.4 Å². The van der Waals surface area contributed by atoms with E-state index in [0.717, 1.165) is 10.5 Å². The molecule has 0 bridgehead atoms. The second-order valence-corrected chi connectivity index (χ2v) is 11.6. The van der Waals surface area contributed by atoms with E-state index >= 15 is 0 Å². The molecule has 1 aromatic heterocycles. The molecule has 2 N–H and O–H groups in total. The molecule has 0 spiro atoms. The molecule has 1 atom stereocenters. The number of carboxylic acid groups (broad SMARTS) is 1. The number of carbonyl (C=O) groups is 1. The average Bonchev–Trinajstić information content (AvgIpc) is 2.82. The highest BCUT2D eigenvalue weighted by Crippen LogP contribution is 2.32. The zero-order valence-corrected chi connectivity index (χ0v) is 22.3. The van der Waals surface area contributed by atoms with Crippen LogP contribution in [0.4, 0.5) is 4.39 Å². The molecule has 12 heteroatoms. The van der Waals surface area contributed by atoms with Gasteiger partial charge in [0, 0.05) is 38.2 Å². The lowest BCUT2D eigenvalue weighted by Crippen LogP contribution is -2.28. The highest BCUT2D eigenvalue weighted by molar-refractivity contribution is 7.88. The van der Waals surface area contributed by atoms with Gasteiger partial charge in [-0.25, -0.2) is 21.9 Å². The molecule has 3 aromatic rings. The number of aromatic nitrogens is 1. The zero-order chi connectivity index (χ0) is 27.7. The summed E-state index contributed by atoms with van der Waals surface area (Å²) < 4.78 is 47.6. The number of benzene rings is 2. The fraction of sp³-hybridized carbons (Fsp3) is 0.360. The van der Waals surface area contributed by atoms with Gasteiger partial charge < -0.3 is 19.5 Å². The number of aliphatic hydroxyl groups is 1. The normalized spacial score (nSPS) is 12.9. The minimum Gasteiger partial charge on any atom is -0.477 e. The van der Waals surface area contributed by atoms with Gasteiger partial charge in [0.05, 0.1) is 23.2 Å². The molecule has 1 heterocycles. The van der Waals surface area contributed by atoms with Crippen molar-refractivity contribution in [1.82, 2.24) is 8.87 Å². The van der Waals surface area contributed by atoms with E-state index < -0.39 is 44.8 Å². The number of fused-ring (bicyclic) bond motifs is 1. The Balaban J connectivity index is 2.34. The van der Waals surface area contributed by atoms with Crippen LogP contribution >= 0.6 is 11.6 Å². The second-order valence-electron chi connectivity index (χ2n) is 9.10. The molecule has 0 unspecified atom stereocenters. The Morgan fingerprint density at radius 2 is 1.89 bits per heavy atom. The van der Waals surface area contributed by atoms with Gasteiger partial charge in [-0.05, 0) is 29.2 Å². The van der Waals surface area contributed by atoms with Crippen molar-refractivity contribution in [1.29, 1.82) is 0 Å². The van der Waals surface area contributed by atoms with Gasteiger partial charge in [0.15, 0.2) is 0 Å². The van der Waals surface area contributed by atoms with Crippen molar-refractivity contribution in [2.45, 2.75) is 26.3 Å². The maximum Gasteiger partial charge on any atom is 0.341 e. The van der Waals surface area contributed by atoms with E-state index in [-0.39, 0.29) is 51.7 Å². The van der Waals surface area contributed by atoms with Crippen molar-refractivity contribution >= 4 is 38.5 Å². The van der Waals surface area contributed by atoms with E-state index in [1.165, 1.54) is 42.9 Å². The van der Waals surface area contributed by atoms with Gasteiger partial charge in [0.1, 0.15) is 17.1 Å². The molecule has 0 aliphatic carbocycles. The predicted molar refractivity (Wildman–Crippen MR) is 138 cm³/mol. The summed E-state index contributed by atoms with van der Waals surface area (Å²) in [5.74, 6) is -2.97. The Morgan fingerprint density at radius 3 is 2.46 bits per heavy atom. The number of sulfonamides is 1. The highest BCUT2D eigenvalue weighted by Gasteiger charge is 2.24. The first-order chi connectivity index (χ1) is 17.3. The van der Waals surface area contributed by atoms with Crippen LogP contribution in [0.25, 0.3) is 10.9 Å². The summed E-state index contributed by atoms with van der Waals surface area (Å²) in [7, 11) is -1.10. The summed E-state index contributed by atoms with van der Waals surface area (Å²) >= 11 is 5.92. The monoisotopic (exact) mass is 554 g/mol. The molecule has 200 valence electrons. The molecular weight excluding hydrogens is 527 g/mol. The molecule has 9 nitrogen and oxygen atoms in total. The van der Waals surface area contributed by atoms with Crippen molar-refractivity contribution in [2.75, 3.05) is 26.6 Å². The van der Waals surface area contributed by atoms with Crippen LogP contribution in [0, 0.1) is 11.7 Å². The first-order valence-electron chi connectivity index (χ1n) is 11.3. The number of hydrogen-bond donors (Lipinski definition) is 2. The van der Waals surface area contributed by atoms with Gasteiger partial charge >= 0.3 is 5.97 Å². The second kappa shape index (κ2) is 11.2. The third kappa shape index (κ3) is 5.96. The summed E-state index contributed by atoms with van der Waals surface area (Å²) in [5, 5.41) is 19.6. The third-order valence-corrected chi connectivity index (χ3v) is 7.91. The summed E-state index contributed by atoms with van der Waals surface area (Å²) in [4.78, 5) is 25.0. The number of aromatic carboxylic acids is 1. The Labute approximate surface area is 218 Å². The first-order valence-corrected chi connectivity index (χ1v) is 13.3. The van der Waals surface area contributed by atoms with Crippen LogP contribution in [-0.4, -0.2) is 60.1 Å². The van der Waals surface area contributed by atoms with Gasteiger partial charge in [0.25, 0.3) is 0 Å². The topological polar surface area (TPSA) is 126 Å². The van der Waals surface area contributed by atoms with Gasteiger partial charge in [-0.15, -0.1) is 0 Å². The van der Waals surface area contributed by atoms with Crippen LogP contribution in [0.3, 0.4) is 0 Å². The molecule has 0 fully saturated rings. The highest BCUT2D eigenvalue weighted by atomic mass is 35.5. The van der Waals surface area contributed by atoms with Crippen LogP contribution in [-0.2, 0) is 16.4 Å². The minimum absolute atomic E-state index is 0.000692. The van der Waals surface area contributed by atoms with Crippen LogP contribution in [0.15, 0.2) is 41.3 Å². The molecule has 0 saturated carbocycles. The van der Waals surface area contributed by atoms with E-state index in [9.17, 15) is 32.6 Å². The molecular formula is C25H28ClFN2O7S. The van der Waals surface area contributed by atoms with Crippen LogP contribution < -0.4 is 10.2 Å². The van der Waals surface area contributed by atoms with Gasteiger partial charge in [-0.2, -0.15) is 0 Å². The summed E-state index contributed by atoms with van der Waals surface area (Å²) in [6, 6.07) is 6.58. The quantitative estimate of drug-likeness (QED) is 0.393. The molecule has 0 aliphatic rings. The van der Waals surface area contributed by atoms with Crippen molar-refractivity contribution in [3.05, 3.63) is 74.3 Å². The minimum atomic E-state index is -3.80. The number of halogens is 2. The Bertz CT molecular complexity index is 1500. The Hall–Kier alpha value is -2.99. The van der Waals surface area contributed by atoms with Crippen molar-refractivity contribution < 1.29 is 32.6 Å². The first kappa shape index (κ1) is 28.6. The lowest BCUT2D eigenvalue weighted by Gasteiger charge is -2.25. The lowest BCUT2D eigenvalue weighted by atomic mass is 9.98. The standard InChI is InChI=1S/C25H28ClFN2O7S/c1-14(2)21(12-30)29-11-18(25(32)33)24(31)17-9-16(8-15-6-5-7-19(26)23(15)27)22(10-20(17)29)36-13-37(34,35)28(3)4/h5-7,9-11,14,21,30H,8,12-13H2,1-4H3,(H,32,33)/t21-/m1/s1. The maximum absolute atomic E-state index is 14.7. The largest absolute Gasteiger partial charge is 0.477 e. The Morgan fingerprint density at radius 1 is 1.22 bits per heavy atom. The lowest BCUT2D eigenvalue weighted by molar-refractivity contribution is 0.0694. The smallest absolute Gasteiger partial charge is 0.341 e. The van der Waals surface area contributed by atoms with E-state index in [4.69, 9.17) is 16.3 Å². The number of pyridine rings is 1. The number of aliphatic hydroxyl groups excluding tert-OH is 1. The molecule has 0 radical (unpaired) electrons. The van der Waals surface area contributed by atoms with Crippen molar-refractivity contribution in [3.8, 4) is 5.75 Å². The van der Waals surface area contributed by atoms with Gasteiger partial charge in [0.2, 0.25) is 21.4 Å². The zero-order valence-electron chi connectivity index (χ0n) is 20.7. The third-order valence-electron chi connectivity index (χ3n) is 6.09. The van der Waals surface area contributed by atoms with Crippen LogP contribution in [0.5, 0.6) is 5.75 Å². The van der Waals surface area contributed by atoms with Crippen LogP contribution in [0.2, 0.25) is 5.02 Å². The number of nitrogens with zero attached hydrogens (tertiary/aromatic N) is 2. The van der Waals surface area contributed by atoms with Crippen molar-refractivity contribution in [3.63, 3.8) is 0 Å². The number of ether oxygens (including phenoxy) is 1. The SMILES string of the molecule is CC(C)[C@@H](CO)n1cc(C(=O)O)c(=O)c2cc(Cc3cccc(Cl)c3F)c(OCS(=O)(=O)N(C)C)cc21. The molecule has 2 aromatic carbocycles. The number of hydrogen-bond acceptors (Lipinski definition) is 6. The average molecular weight is 555 g/mol. The van der Waals surface area contributed by atoms with E-state index in [2.05, 4.69) is 0 Å². The van der Waals surface area contributed by atoms with E-state index in [0.29, 0.717) is 0 Å². The van der Waals surface area contributed by atoms with Crippen molar-refractivity contribution in [2.24, 2.45) is 5.92 Å². The number of carboxylic acids is 1. The fourth-order valence-electron chi connectivity index (χ4n) is 3.87. The van der Waals surface area contributed by atoms with Gasteiger partial charge in [-0.1, -0.05) is 37.6 Å². The molecule has 3 rings (SSSR count). The predicted octanol–water partition coefficient (Wildman–Crippen LogP) is 3.50. The van der Waals surface area contributed by atoms with E-state index in [1.54, 1.807) is 6.07 Å². The number of rotatable bonds is 10. The molecule has 37 heavy (non-hydrogen) atoms. The maximum atomic E-state index is 14.7. The Kier molecular flexibility index (Phi) is 8.63. The molecule has 0 aliphatic heterocycles. The summed E-state index contributed by atoms with van der Waals surface area (Å²) in [6.45, 7) is 3.29.